The van der Waals surface area contributed by atoms with Gasteiger partial charge in [0.2, 0.25) is 5.91 Å². The summed E-state index contributed by atoms with van der Waals surface area (Å²) in [6.07, 6.45) is 0.484. The lowest BCUT2D eigenvalue weighted by Crippen LogP contribution is -2.55. The molecule has 1 saturated heterocycles. The number of nitrogens with zero attached hydrogens (tertiary/aromatic N) is 2. The van der Waals surface area contributed by atoms with Gasteiger partial charge in [-0.1, -0.05) is 12.1 Å². The van der Waals surface area contributed by atoms with Gasteiger partial charge in [-0.25, -0.2) is 0 Å². The normalized spacial score (nSPS) is 22.8. The van der Waals surface area contributed by atoms with Crippen LogP contribution in [0.15, 0.2) is 24.3 Å². The summed E-state index contributed by atoms with van der Waals surface area (Å²) in [5, 5.41) is 10.8. The molecule has 0 aromatic heterocycles. The van der Waals surface area contributed by atoms with Crippen LogP contribution in [-0.2, 0) is 9.53 Å². The number of hydrogen-bond donors (Lipinski definition) is 1. The third kappa shape index (κ3) is 3.03. The van der Waals surface area contributed by atoms with Crippen LogP contribution in [0.1, 0.15) is 24.9 Å². The first-order valence-electron chi connectivity index (χ1n) is 6.73. The Morgan fingerprint density at radius 1 is 1.57 bits per heavy atom. The highest BCUT2D eigenvalue weighted by Crippen LogP contribution is 2.26. The average Bonchev–Trinajstić information content (AvgIpc) is 2.93. The van der Waals surface area contributed by atoms with E-state index >= 15 is 0 Å². The number of nitrogens with two attached hydrogens (primary N) is 1. The first-order valence-corrected chi connectivity index (χ1v) is 6.73. The summed E-state index contributed by atoms with van der Waals surface area (Å²) in [6.45, 7) is 2.50. The van der Waals surface area contributed by atoms with Crippen molar-refractivity contribution >= 4 is 11.6 Å². The van der Waals surface area contributed by atoms with Crippen molar-refractivity contribution in [2.45, 2.75) is 24.9 Å². The first-order chi connectivity index (χ1) is 9.85. The van der Waals surface area contributed by atoms with Gasteiger partial charge in [-0.2, -0.15) is 0 Å². The molecule has 0 saturated carbocycles. The molecule has 2 rings (SSSR count). The maximum atomic E-state index is 12.5. The predicted molar refractivity (Wildman–Crippen MR) is 76.6 cm³/mol. The number of likely N-dealkylation sites (N-methyl/N-ethyl adjacent to an activating group) is 1. The lowest BCUT2D eigenvalue weighted by atomic mass is 9.96. The second kappa shape index (κ2) is 5.79. The molecule has 0 radical (unpaired) electrons. The van der Waals surface area contributed by atoms with E-state index in [1.54, 1.807) is 19.2 Å². The van der Waals surface area contributed by atoms with Crippen molar-refractivity contribution in [1.29, 1.82) is 0 Å². The molecule has 1 amide bonds. The number of benzene rings is 1. The van der Waals surface area contributed by atoms with Gasteiger partial charge in [0.05, 0.1) is 17.6 Å². The zero-order chi connectivity index (χ0) is 15.6. The summed E-state index contributed by atoms with van der Waals surface area (Å²) in [5.41, 5.74) is 5.78. The van der Waals surface area contributed by atoms with E-state index in [1.807, 2.05) is 6.92 Å². The number of nitro groups is 1. The van der Waals surface area contributed by atoms with Crippen molar-refractivity contribution in [3.05, 3.63) is 39.9 Å². The Hall–Kier alpha value is -1.99. The van der Waals surface area contributed by atoms with E-state index in [0.29, 0.717) is 18.6 Å². The van der Waals surface area contributed by atoms with Crippen LogP contribution in [0.2, 0.25) is 0 Å². The number of amides is 1. The Bertz CT molecular complexity index is 555. The van der Waals surface area contributed by atoms with Crippen molar-refractivity contribution in [3.63, 3.8) is 0 Å². The molecule has 1 fully saturated rings. The summed E-state index contributed by atoms with van der Waals surface area (Å²) < 4.78 is 5.21. The van der Waals surface area contributed by atoms with E-state index < -0.39 is 10.5 Å². The molecule has 2 unspecified atom stereocenters. The molecule has 21 heavy (non-hydrogen) atoms. The fourth-order valence-corrected chi connectivity index (χ4v) is 2.40. The Morgan fingerprint density at radius 3 is 2.86 bits per heavy atom. The molecule has 7 nitrogen and oxygen atoms in total. The Morgan fingerprint density at radius 2 is 2.29 bits per heavy atom. The number of carbonyl (C=O) groups is 1. The molecule has 2 N–H and O–H groups in total. The Balaban J connectivity index is 2.19. The maximum Gasteiger partial charge on any atom is 0.269 e. The molecule has 7 heteroatoms. The highest BCUT2D eigenvalue weighted by molar-refractivity contribution is 5.86. The summed E-state index contributed by atoms with van der Waals surface area (Å²) in [7, 11) is 1.65. The molecular weight excluding hydrogens is 274 g/mol. The van der Waals surface area contributed by atoms with Crippen LogP contribution in [0.4, 0.5) is 5.69 Å². The molecule has 1 aromatic carbocycles. The maximum absolute atomic E-state index is 12.5. The van der Waals surface area contributed by atoms with Gasteiger partial charge in [0.15, 0.2) is 0 Å². The minimum absolute atomic E-state index is 0.00635. The fourth-order valence-electron chi connectivity index (χ4n) is 2.40. The van der Waals surface area contributed by atoms with E-state index in [-0.39, 0.29) is 24.2 Å². The van der Waals surface area contributed by atoms with E-state index in [1.165, 1.54) is 17.0 Å². The predicted octanol–water partition coefficient (Wildman–Crippen LogP) is 1.23. The van der Waals surface area contributed by atoms with E-state index in [4.69, 9.17) is 10.5 Å². The van der Waals surface area contributed by atoms with Crippen LogP contribution in [0.25, 0.3) is 0 Å². The molecular formula is C14H19N3O4. The number of rotatable bonds is 4. The standard InChI is InChI=1S/C14H19N3O4/c1-10(11-4-3-5-12(8-11)17(19)20)16(2)13(18)14(15)6-7-21-9-14/h3-5,8,10H,6-7,9,15H2,1-2H3. The second-order valence-electron chi connectivity index (χ2n) is 5.40. The fraction of sp³-hybridized carbons (Fsp3) is 0.500. The number of non-ortho nitro benzene ring substituents is 1. The van der Waals surface area contributed by atoms with Crippen LogP contribution < -0.4 is 5.73 Å². The van der Waals surface area contributed by atoms with Crippen LogP contribution >= 0.6 is 0 Å². The zero-order valence-corrected chi connectivity index (χ0v) is 12.1. The number of ether oxygens (including phenoxy) is 1. The van der Waals surface area contributed by atoms with Gasteiger partial charge >= 0.3 is 0 Å². The molecule has 1 aliphatic heterocycles. The third-order valence-electron chi connectivity index (χ3n) is 3.94. The van der Waals surface area contributed by atoms with Crippen molar-refractivity contribution in [1.82, 2.24) is 4.90 Å². The summed E-state index contributed by atoms with van der Waals surface area (Å²) in [6, 6.07) is 5.96. The molecule has 0 spiro atoms. The van der Waals surface area contributed by atoms with Crippen molar-refractivity contribution < 1.29 is 14.5 Å². The van der Waals surface area contributed by atoms with Gasteiger partial charge in [-0.15, -0.1) is 0 Å². The quantitative estimate of drug-likeness (QED) is 0.665. The van der Waals surface area contributed by atoms with Gasteiger partial charge in [-0.05, 0) is 18.9 Å². The number of nitro benzene ring substituents is 1. The van der Waals surface area contributed by atoms with Crippen LogP contribution in [0.5, 0.6) is 0 Å². The van der Waals surface area contributed by atoms with Gasteiger partial charge < -0.3 is 15.4 Å². The van der Waals surface area contributed by atoms with E-state index in [2.05, 4.69) is 0 Å². The SMILES string of the molecule is CC(c1cccc([N+](=O)[O-])c1)N(C)C(=O)C1(N)CCOC1. The van der Waals surface area contributed by atoms with Gasteiger partial charge in [0.25, 0.3) is 5.69 Å². The molecule has 0 bridgehead atoms. The molecule has 1 heterocycles. The highest BCUT2D eigenvalue weighted by atomic mass is 16.6. The molecule has 0 aliphatic carbocycles. The smallest absolute Gasteiger partial charge is 0.269 e. The summed E-state index contributed by atoms with van der Waals surface area (Å²) in [5.74, 6) is -0.209. The Kier molecular flexibility index (Phi) is 4.24. The molecule has 1 aromatic rings. The molecule has 1 aliphatic rings. The largest absolute Gasteiger partial charge is 0.379 e. The minimum atomic E-state index is -0.996. The summed E-state index contributed by atoms with van der Waals surface area (Å²) >= 11 is 0. The van der Waals surface area contributed by atoms with Crippen molar-refractivity contribution in [2.24, 2.45) is 5.73 Å². The highest BCUT2D eigenvalue weighted by Gasteiger charge is 2.41. The zero-order valence-electron chi connectivity index (χ0n) is 12.1. The van der Waals surface area contributed by atoms with E-state index in [9.17, 15) is 14.9 Å². The number of carbonyl (C=O) groups excluding carboxylic acids is 1. The Labute approximate surface area is 122 Å². The molecule has 2 atom stereocenters. The average molecular weight is 293 g/mol. The van der Waals surface area contributed by atoms with Crippen LogP contribution in [0, 0.1) is 10.1 Å². The van der Waals surface area contributed by atoms with Gasteiger partial charge in [0, 0.05) is 25.8 Å². The van der Waals surface area contributed by atoms with Crippen LogP contribution in [-0.4, -0.2) is 41.5 Å². The first kappa shape index (κ1) is 15.4. The lowest BCUT2D eigenvalue weighted by Gasteiger charge is -2.32. The minimum Gasteiger partial charge on any atom is -0.379 e. The second-order valence-corrected chi connectivity index (χ2v) is 5.40. The summed E-state index contributed by atoms with van der Waals surface area (Å²) in [4.78, 5) is 24.4. The van der Waals surface area contributed by atoms with Crippen molar-refractivity contribution in [2.75, 3.05) is 20.3 Å². The van der Waals surface area contributed by atoms with Gasteiger partial charge in [0.1, 0.15) is 5.54 Å². The van der Waals surface area contributed by atoms with Gasteiger partial charge in [-0.3, -0.25) is 14.9 Å². The monoisotopic (exact) mass is 293 g/mol. The third-order valence-corrected chi connectivity index (χ3v) is 3.94. The van der Waals surface area contributed by atoms with E-state index in [0.717, 1.165) is 0 Å². The van der Waals surface area contributed by atoms with Crippen molar-refractivity contribution in [3.8, 4) is 0 Å². The number of hydrogen-bond acceptors (Lipinski definition) is 5. The molecule has 114 valence electrons. The lowest BCUT2D eigenvalue weighted by molar-refractivity contribution is -0.384. The van der Waals surface area contributed by atoms with Crippen LogP contribution in [0.3, 0.4) is 0 Å². The topological polar surface area (TPSA) is 98.7 Å².